The molecule has 5 nitrogen and oxygen atoms in total. The molecule has 2 aromatic carbocycles. The Morgan fingerprint density at radius 3 is 2.27 bits per heavy atom. The Bertz CT molecular complexity index is 1230. The van der Waals surface area contributed by atoms with Crippen molar-refractivity contribution in [3.05, 3.63) is 87.0 Å². The first-order valence-electron chi connectivity index (χ1n) is 9.65. The highest BCUT2D eigenvalue weighted by molar-refractivity contribution is 6.31. The number of benzene rings is 2. The summed E-state index contributed by atoms with van der Waals surface area (Å²) in [5.41, 5.74) is -4.34. The van der Waals surface area contributed by atoms with Gasteiger partial charge in [-0.15, -0.1) is 0 Å². The fourth-order valence-corrected chi connectivity index (χ4v) is 3.80. The molecule has 0 saturated heterocycles. The number of ether oxygens (including phenoxy) is 2. The van der Waals surface area contributed by atoms with Crippen molar-refractivity contribution in [1.29, 1.82) is 0 Å². The molecule has 3 rings (SSSR count). The van der Waals surface area contributed by atoms with Gasteiger partial charge in [0.1, 0.15) is 11.5 Å². The molecule has 0 aliphatic carbocycles. The molecule has 3 aromatic rings. The van der Waals surface area contributed by atoms with Gasteiger partial charge in [-0.2, -0.15) is 13.2 Å². The van der Waals surface area contributed by atoms with Crippen molar-refractivity contribution in [1.82, 2.24) is 4.57 Å². The molecule has 2 atom stereocenters. The third kappa shape index (κ3) is 4.69. The molecule has 0 saturated carbocycles. The monoisotopic (exact) mass is 485 g/mol. The first kappa shape index (κ1) is 24.6. The van der Waals surface area contributed by atoms with E-state index in [0.29, 0.717) is 0 Å². The number of aromatic nitrogens is 1. The standard InChI is InChI=1S/C23H20ClF4NO4/c1-13(22(31,23(26,27)28)14-4-9-21(30)29(2)12-14)17-7-5-15(10-18(17)24)33-16-6-8-19(25)20(11-16)32-3/h4-13,31H,1-3H3. The van der Waals surface area contributed by atoms with E-state index in [1.54, 1.807) is 0 Å². The summed E-state index contributed by atoms with van der Waals surface area (Å²) in [6.07, 6.45) is -4.13. The molecule has 10 heteroatoms. The lowest BCUT2D eigenvalue weighted by molar-refractivity contribution is -0.274. The molecule has 0 aliphatic rings. The van der Waals surface area contributed by atoms with Crippen LogP contribution in [0.2, 0.25) is 5.02 Å². The summed E-state index contributed by atoms with van der Waals surface area (Å²) in [6.45, 7) is 1.19. The quantitative estimate of drug-likeness (QED) is 0.466. The van der Waals surface area contributed by atoms with Crippen molar-refractivity contribution in [3.8, 4) is 17.2 Å². The summed E-state index contributed by atoms with van der Waals surface area (Å²) in [4.78, 5) is 11.6. The van der Waals surface area contributed by atoms with E-state index in [1.807, 2.05) is 0 Å². The highest BCUT2D eigenvalue weighted by atomic mass is 35.5. The maximum absolute atomic E-state index is 14.1. The van der Waals surface area contributed by atoms with Gasteiger partial charge in [-0.3, -0.25) is 4.79 Å². The van der Waals surface area contributed by atoms with Gasteiger partial charge in [0.25, 0.3) is 0 Å². The van der Waals surface area contributed by atoms with Gasteiger partial charge in [-0.1, -0.05) is 24.6 Å². The zero-order valence-corrected chi connectivity index (χ0v) is 18.5. The van der Waals surface area contributed by atoms with Gasteiger partial charge in [-0.25, -0.2) is 4.39 Å². The molecule has 0 bridgehead atoms. The highest BCUT2D eigenvalue weighted by Crippen LogP contribution is 2.50. The molecule has 0 amide bonds. The summed E-state index contributed by atoms with van der Waals surface area (Å²) in [5.74, 6) is -1.76. The number of nitrogens with zero attached hydrogens (tertiary/aromatic N) is 1. The first-order valence-corrected chi connectivity index (χ1v) is 10.0. The van der Waals surface area contributed by atoms with E-state index in [0.717, 1.165) is 29.0 Å². The van der Waals surface area contributed by atoms with E-state index in [4.69, 9.17) is 21.1 Å². The number of alkyl halides is 3. The third-order valence-electron chi connectivity index (χ3n) is 5.38. The molecule has 0 aliphatic heterocycles. The second-order valence-electron chi connectivity index (χ2n) is 7.43. The Balaban J connectivity index is 1.98. The number of methoxy groups -OCH3 is 1. The van der Waals surface area contributed by atoms with E-state index >= 15 is 0 Å². The summed E-state index contributed by atoms with van der Waals surface area (Å²) in [6, 6.07) is 9.68. The molecule has 0 spiro atoms. The number of hydrogen-bond donors (Lipinski definition) is 1. The number of rotatable bonds is 6. The number of aryl methyl sites for hydroxylation is 1. The first-order chi connectivity index (χ1) is 15.4. The van der Waals surface area contributed by atoms with E-state index < -0.39 is 34.6 Å². The molecule has 33 heavy (non-hydrogen) atoms. The van der Waals surface area contributed by atoms with Crippen LogP contribution in [0.3, 0.4) is 0 Å². The zero-order valence-electron chi connectivity index (χ0n) is 17.8. The molecular formula is C23H20ClF4NO4. The highest BCUT2D eigenvalue weighted by Gasteiger charge is 2.59. The van der Waals surface area contributed by atoms with Crippen molar-refractivity contribution in [2.24, 2.45) is 7.05 Å². The lowest BCUT2D eigenvalue weighted by atomic mass is 9.78. The average molecular weight is 486 g/mol. The van der Waals surface area contributed by atoms with E-state index in [1.165, 1.54) is 51.4 Å². The fraction of sp³-hybridized carbons (Fsp3) is 0.261. The van der Waals surface area contributed by atoms with Crippen LogP contribution in [-0.4, -0.2) is 23.0 Å². The zero-order chi connectivity index (χ0) is 24.6. The van der Waals surface area contributed by atoms with Crippen LogP contribution < -0.4 is 15.0 Å². The van der Waals surface area contributed by atoms with Gasteiger partial charge >= 0.3 is 6.18 Å². The van der Waals surface area contributed by atoms with Crippen LogP contribution in [-0.2, 0) is 12.6 Å². The third-order valence-corrected chi connectivity index (χ3v) is 5.71. The molecule has 1 N–H and O–H groups in total. The van der Waals surface area contributed by atoms with Crippen molar-refractivity contribution >= 4 is 11.6 Å². The predicted octanol–water partition coefficient (Wildman–Crippen LogP) is 5.53. The molecule has 2 unspecified atom stereocenters. The lowest BCUT2D eigenvalue weighted by Gasteiger charge is -2.37. The van der Waals surface area contributed by atoms with Crippen molar-refractivity contribution in [2.45, 2.75) is 24.6 Å². The van der Waals surface area contributed by atoms with Gasteiger partial charge in [0.05, 0.1) is 7.11 Å². The summed E-state index contributed by atoms with van der Waals surface area (Å²) < 4.78 is 67.4. The van der Waals surface area contributed by atoms with Crippen LogP contribution in [0.1, 0.15) is 24.0 Å². The molecule has 1 aromatic heterocycles. The van der Waals surface area contributed by atoms with Gasteiger partial charge in [0.2, 0.25) is 5.56 Å². The van der Waals surface area contributed by atoms with Crippen molar-refractivity contribution in [3.63, 3.8) is 0 Å². The predicted molar refractivity (Wildman–Crippen MR) is 115 cm³/mol. The largest absolute Gasteiger partial charge is 0.494 e. The van der Waals surface area contributed by atoms with Crippen LogP contribution in [0.4, 0.5) is 17.6 Å². The van der Waals surface area contributed by atoms with Crippen LogP contribution in [0, 0.1) is 5.82 Å². The minimum Gasteiger partial charge on any atom is -0.494 e. The number of halogens is 5. The maximum atomic E-state index is 14.1. The van der Waals surface area contributed by atoms with E-state index in [2.05, 4.69) is 0 Å². The SMILES string of the molecule is COc1cc(Oc2ccc(C(C)C(O)(c3ccc(=O)n(C)c3)C(F)(F)F)c(Cl)c2)ccc1F. The minimum atomic E-state index is -5.08. The second-order valence-corrected chi connectivity index (χ2v) is 7.84. The topological polar surface area (TPSA) is 60.7 Å². The van der Waals surface area contributed by atoms with Gasteiger partial charge in [0.15, 0.2) is 17.2 Å². The summed E-state index contributed by atoms with van der Waals surface area (Å²) in [7, 11) is 2.58. The van der Waals surface area contributed by atoms with Crippen molar-refractivity contribution in [2.75, 3.05) is 7.11 Å². The molecule has 176 valence electrons. The maximum Gasteiger partial charge on any atom is 0.422 e. The number of aliphatic hydroxyl groups is 1. The van der Waals surface area contributed by atoms with Gasteiger partial charge < -0.3 is 19.1 Å². The normalized spacial score (nSPS) is 14.5. The van der Waals surface area contributed by atoms with Gasteiger partial charge in [0, 0.05) is 41.9 Å². The van der Waals surface area contributed by atoms with Crippen LogP contribution in [0.5, 0.6) is 17.2 Å². The minimum absolute atomic E-state index is 0.00869. The fourth-order valence-electron chi connectivity index (χ4n) is 3.47. The smallest absolute Gasteiger partial charge is 0.422 e. The van der Waals surface area contributed by atoms with E-state index in [9.17, 15) is 27.5 Å². The molecule has 0 fully saturated rings. The average Bonchev–Trinajstić information content (AvgIpc) is 2.75. The number of hydrogen-bond acceptors (Lipinski definition) is 4. The lowest BCUT2D eigenvalue weighted by Crippen LogP contribution is -2.47. The van der Waals surface area contributed by atoms with Crippen molar-refractivity contribution < 1.29 is 32.1 Å². The Hall–Kier alpha value is -3.04. The molecular weight excluding hydrogens is 466 g/mol. The Morgan fingerprint density at radius 1 is 1.06 bits per heavy atom. The Labute approximate surface area is 191 Å². The molecule has 1 heterocycles. The Morgan fingerprint density at radius 2 is 1.70 bits per heavy atom. The van der Waals surface area contributed by atoms with Crippen LogP contribution in [0.15, 0.2) is 59.5 Å². The molecule has 0 radical (unpaired) electrons. The Kier molecular flexibility index (Phi) is 6.76. The van der Waals surface area contributed by atoms with Crippen LogP contribution >= 0.6 is 11.6 Å². The van der Waals surface area contributed by atoms with Crippen LogP contribution in [0.25, 0.3) is 0 Å². The van der Waals surface area contributed by atoms with Gasteiger partial charge in [-0.05, 0) is 35.9 Å². The van der Waals surface area contributed by atoms with E-state index in [-0.39, 0.29) is 27.8 Å². The second kappa shape index (κ2) is 9.07. The summed E-state index contributed by atoms with van der Waals surface area (Å²) >= 11 is 6.28. The summed E-state index contributed by atoms with van der Waals surface area (Å²) in [5, 5.41) is 10.8. The number of pyridine rings is 1.